The van der Waals surface area contributed by atoms with Crippen molar-refractivity contribution in [3.05, 3.63) is 156 Å². The Morgan fingerprint density at radius 2 is 0.775 bits per heavy atom. The van der Waals surface area contributed by atoms with Gasteiger partial charge >= 0.3 is 0 Å². The van der Waals surface area contributed by atoms with Gasteiger partial charge in [-0.3, -0.25) is 4.79 Å². The van der Waals surface area contributed by atoms with E-state index in [2.05, 4.69) is 186 Å². The summed E-state index contributed by atoms with van der Waals surface area (Å²) in [6.07, 6.45) is 12.5. The summed E-state index contributed by atoms with van der Waals surface area (Å²) in [5.74, 6) is 1.19. The molecule has 0 fully saturated rings. The van der Waals surface area contributed by atoms with Crippen molar-refractivity contribution in [1.29, 1.82) is 0 Å². The molecule has 0 radical (unpaired) electrons. The number of rotatable bonds is 4. The van der Waals surface area contributed by atoms with E-state index in [0.717, 1.165) is 64.0 Å². The topological polar surface area (TPSA) is 77.8 Å². The van der Waals surface area contributed by atoms with E-state index >= 15 is 0 Å². The molecule has 0 unspecified atom stereocenters. The van der Waals surface area contributed by atoms with E-state index in [0.29, 0.717) is 28.1 Å². The lowest BCUT2D eigenvalue weighted by Gasteiger charge is -2.42. The molecule has 0 aliphatic heterocycles. The van der Waals surface area contributed by atoms with Gasteiger partial charge in [0.15, 0.2) is 0 Å². The number of benzene rings is 5. The number of carbonyl (C=O) groups is 1. The highest BCUT2D eigenvalue weighted by Gasteiger charge is 2.42. The summed E-state index contributed by atoms with van der Waals surface area (Å²) in [6.45, 7) is 46.8. The van der Waals surface area contributed by atoms with Crippen molar-refractivity contribution in [2.45, 2.75) is 263 Å². The van der Waals surface area contributed by atoms with Crippen LogP contribution < -0.4 is 0 Å². The zero-order valence-electron chi connectivity index (χ0n) is 53.1. The quantitative estimate of drug-likeness (QED) is 0.124. The fraction of sp³-hybridized carbons (Fsp3) is 0.569. The molecule has 0 saturated carbocycles. The summed E-state index contributed by atoms with van der Waals surface area (Å²) in [7, 11) is 0. The summed E-state index contributed by atoms with van der Waals surface area (Å²) in [4.78, 5) is 11.0. The van der Waals surface area contributed by atoms with Crippen molar-refractivity contribution in [3.63, 3.8) is 0 Å². The molecular formula is C72H102Br2Cl2O4. The standard InChI is InChI=1S/C15H20O.C15H22.C14H19BrO.C14H20O.C8H16Cl2.C6H5BrO/c1-14(2)8-9-15(3,4)13-11(10-16)6-5-7-12(13)14;1-11-7-6-8-12-13(11)15(4,5)10-9-14(12,2)3;1-13(2)5-6-14(3,4)12-10(13)7-9(15)8-11(12)16;1-13(2)8-9-14(3,4)12-10(13)6-5-7-11(12)15;1-7(2,9)5-6-8(3,4)10;7-5-2-1-3-6(8)4-5/h5-7,10H,8-9H2,1-4H3;6-8H,9-10H2,1-5H3;7-8,16H,5-6H2,1-4H3;5-7,15H,8-9H2,1-4H3;5-6H2,1-4H3;1-4,8H. The van der Waals surface area contributed by atoms with Gasteiger partial charge in [-0.2, -0.15) is 0 Å². The van der Waals surface area contributed by atoms with Crippen LogP contribution in [0.5, 0.6) is 17.2 Å². The minimum atomic E-state index is -0.105. The first kappa shape index (κ1) is 69.2. The Morgan fingerprint density at radius 3 is 1.16 bits per heavy atom. The first-order valence-electron chi connectivity index (χ1n) is 29.2. The third-order valence-corrected chi connectivity index (χ3v) is 19.2. The van der Waals surface area contributed by atoms with Crippen molar-refractivity contribution < 1.29 is 20.1 Å². The van der Waals surface area contributed by atoms with Crippen LogP contribution in [0.15, 0.2) is 99.9 Å². The SMILES string of the molecule is CC(C)(Cl)CCC(C)(C)Cl.CC1(C)CCC(C)(C)c2c(C=O)cccc21.CC1(C)CCC(C)(C)c2c(O)cc(Br)cc21.CC1(C)CCC(C)(C)c2c(O)cccc21.Cc1cccc2c1C(C)(C)CCC2(C)C.Oc1cccc(Br)c1. The molecule has 80 heavy (non-hydrogen) atoms. The summed E-state index contributed by atoms with van der Waals surface area (Å²) in [5, 5.41) is 29.0. The molecule has 4 aliphatic rings. The molecule has 4 nitrogen and oxygen atoms in total. The Bertz CT molecular complexity index is 2800. The van der Waals surface area contributed by atoms with Gasteiger partial charge in [-0.1, -0.05) is 197 Å². The lowest BCUT2D eigenvalue weighted by atomic mass is 9.62. The fourth-order valence-electron chi connectivity index (χ4n) is 12.4. The molecule has 0 aromatic heterocycles. The molecule has 9 rings (SSSR count). The predicted molar refractivity (Wildman–Crippen MR) is 353 cm³/mol. The van der Waals surface area contributed by atoms with Gasteiger partial charge < -0.3 is 15.3 Å². The second kappa shape index (κ2) is 25.9. The van der Waals surface area contributed by atoms with Crippen LogP contribution in [-0.4, -0.2) is 31.4 Å². The van der Waals surface area contributed by atoms with E-state index in [4.69, 9.17) is 28.3 Å². The zero-order chi connectivity index (χ0) is 61.0. The summed E-state index contributed by atoms with van der Waals surface area (Å²) >= 11 is 18.6. The molecule has 0 bridgehead atoms. The highest BCUT2D eigenvalue weighted by atomic mass is 79.9. The van der Waals surface area contributed by atoms with Gasteiger partial charge in [0.1, 0.15) is 23.5 Å². The number of hydrogen-bond acceptors (Lipinski definition) is 4. The van der Waals surface area contributed by atoms with Gasteiger partial charge in [0.25, 0.3) is 0 Å². The minimum absolute atomic E-state index is 0.0790. The Labute approximate surface area is 513 Å². The van der Waals surface area contributed by atoms with Crippen molar-refractivity contribution in [2.24, 2.45) is 0 Å². The van der Waals surface area contributed by atoms with Crippen LogP contribution in [-0.2, 0) is 43.3 Å². The van der Waals surface area contributed by atoms with E-state index < -0.39 is 0 Å². The summed E-state index contributed by atoms with van der Waals surface area (Å²) in [5.41, 5.74) is 14.6. The van der Waals surface area contributed by atoms with Crippen LogP contribution in [0.3, 0.4) is 0 Å². The molecule has 0 amide bonds. The fourth-order valence-corrected chi connectivity index (χ4v) is 13.4. The van der Waals surface area contributed by atoms with Crippen molar-refractivity contribution >= 4 is 61.3 Å². The number of alkyl halides is 2. The highest BCUT2D eigenvalue weighted by molar-refractivity contribution is 9.10. The second-order valence-corrected chi connectivity index (χ2v) is 33.8. The molecule has 8 heteroatoms. The first-order valence-corrected chi connectivity index (χ1v) is 31.5. The molecule has 5 aromatic carbocycles. The monoisotopic (exact) mass is 1260 g/mol. The number of aldehydes is 1. The molecular weight excluding hydrogens is 1160 g/mol. The zero-order valence-corrected chi connectivity index (χ0v) is 57.8. The molecule has 3 N–H and O–H groups in total. The van der Waals surface area contributed by atoms with E-state index in [1.54, 1.807) is 29.3 Å². The summed E-state index contributed by atoms with van der Waals surface area (Å²) < 4.78 is 1.87. The smallest absolute Gasteiger partial charge is 0.150 e. The van der Waals surface area contributed by atoms with Crippen LogP contribution >= 0.6 is 55.1 Å². The highest BCUT2D eigenvalue weighted by Crippen LogP contribution is 2.52. The molecule has 4 aliphatic carbocycles. The van der Waals surface area contributed by atoms with Crippen molar-refractivity contribution in [1.82, 2.24) is 0 Å². The first-order chi connectivity index (χ1) is 36.3. The van der Waals surface area contributed by atoms with E-state index in [1.165, 1.54) is 59.9 Å². The van der Waals surface area contributed by atoms with Gasteiger partial charge in [0.05, 0.1) is 0 Å². The molecule has 0 heterocycles. The minimum Gasteiger partial charge on any atom is -0.508 e. The molecule has 5 aromatic rings. The number of aromatic hydroxyl groups is 3. The third kappa shape index (κ3) is 18.1. The van der Waals surface area contributed by atoms with Crippen LogP contribution in [0.1, 0.15) is 263 Å². The molecule has 0 saturated heterocycles. The Morgan fingerprint density at radius 1 is 0.425 bits per heavy atom. The van der Waals surface area contributed by atoms with Crippen LogP contribution in [0, 0.1) is 6.92 Å². The maximum atomic E-state index is 11.2. The number of aryl methyl sites for hydroxylation is 1. The maximum absolute atomic E-state index is 11.2. The average molecular weight is 1260 g/mol. The van der Waals surface area contributed by atoms with Gasteiger partial charge in [-0.05, 0) is 217 Å². The number of halogens is 4. The molecule has 0 spiro atoms. The molecule has 442 valence electrons. The van der Waals surface area contributed by atoms with Gasteiger partial charge in [0, 0.05) is 35.4 Å². The number of fused-ring (bicyclic) bond motifs is 4. The van der Waals surface area contributed by atoms with Gasteiger partial charge in [-0.15, -0.1) is 23.2 Å². The van der Waals surface area contributed by atoms with Gasteiger partial charge in [-0.25, -0.2) is 0 Å². The predicted octanol–water partition coefficient (Wildman–Crippen LogP) is 22.4. The van der Waals surface area contributed by atoms with E-state index in [9.17, 15) is 15.0 Å². The lowest BCUT2D eigenvalue weighted by molar-refractivity contribution is 0.112. The third-order valence-electron chi connectivity index (χ3n) is 17.9. The van der Waals surface area contributed by atoms with Crippen LogP contribution in [0.2, 0.25) is 0 Å². The Kier molecular flexibility index (Phi) is 22.4. The van der Waals surface area contributed by atoms with Gasteiger partial charge in [0.2, 0.25) is 0 Å². The molecule has 0 atom stereocenters. The Balaban J connectivity index is 0.000000210. The largest absolute Gasteiger partial charge is 0.508 e. The summed E-state index contributed by atoms with van der Waals surface area (Å²) in [6, 6.07) is 29.7. The lowest BCUT2D eigenvalue weighted by Crippen LogP contribution is -2.34. The van der Waals surface area contributed by atoms with Crippen LogP contribution in [0.4, 0.5) is 0 Å². The van der Waals surface area contributed by atoms with Crippen LogP contribution in [0.25, 0.3) is 0 Å². The normalized spacial score (nSPS) is 19.5. The maximum Gasteiger partial charge on any atom is 0.150 e. The Hall–Kier alpha value is -3.29. The second-order valence-electron chi connectivity index (χ2n) is 29.9. The van der Waals surface area contributed by atoms with E-state index in [-0.39, 0.29) is 42.2 Å². The van der Waals surface area contributed by atoms with E-state index in [1.807, 2.05) is 64.1 Å². The number of carbonyl (C=O) groups excluding carboxylic acids is 1. The number of phenolic OH excluding ortho intramolecular Hbond substituents is 3. The van der Waals surface area contributed by atoms with Crippen molar-refractivity contribution in [3.8, 4) is 17.2 Å². The number of hydrogen-bond donors (Lipinski definition) is 3. The number of phenols is 3. The van der Waals surface area contributed by atoms with Crippen molar-refractivity contribution in [2.75, 3.05) is 0 Å². The average Bonchev–Trinajstić information content (AvgIpc) is 3.32.